The summed E-state index contributed by atoms with van der Waals surface area (Å²) in [6.45, 7) is 8.26. The zero-order chi connectivity index (χ0) is 18.8. The highest BCUT2D eigenvalue weighted by Gasteiger charge is 2.28. The third-order valence-corrected chi connectivity index (χ3v) is 5.22. The molecule has 26 heavy (non-hydrogen) atoms. The summed E-state index contributed by atoms with van der Waals surface area (Å²) in [6.07, 6.45) is 6.87. The van der Waals surface area contributed by atoms with Crippen molar-refractivity contribution < 1.29 is 14.3 Å². The third-order valence-electron chi connectivity index (χ3n) is 5.22. The van der Waals surface area contributed by atoms with Gasteiger partial charge in [-0.2, -0.15) is 0 Å². The van der Waals surface area contributed by atoms with E-state index in [1.54, 1.807) is 4.90 Å². The third kappa shape index (κ3) is 6.31. The molecule has 0 saturated carbocycles. The fraction of sp³-hybridized carbons (Fsp3) is 0.682. The van der Waals surface area contributed by atoms with Crippen LogP contribution in [-0.2, 0) is 9.47 Å². The van der Waals surface area contributed by atoms with Crippen LogP contribution in [0.5, 0.6) is 0 Å². The Morgan fingerprint density at radius 1 is 1.15 bits per heavy atom. The predicted molar refractivity (Wildman–Crippen MR) is 105 cm³/mol. The molecule has 0 radical (unpaired) electrons. The molecule has 2 atom stereocenters. The Bertz CT molecular complexity index is 511. The lowest BCUT2D eigenvalue weighted by molar-refractivity contribution is -0.0663. The summed E-state index contributed by atoms with van der Waals surface area (Å²) in [5.74, 6) is 0.493. The first kappa shape index (κ1) is 20.8. The Morgan fingerprint density at radius 3 is 2.46 bits per heavy atom. The fourth-order valence-corrected chi connectivity index (χ4v) is 3.65. The van der Waals surface area contributed by atoms with Crippen molar-refractivity contribution in [2.75, 3.05) is 19.7 Å². The van der Waals surface area contributed by atoms with E-state index in [1.807, 2.05) is 6.92 Å². The molecule has 1 heterocycles. The topological polar surface area (TPSA) is 38.8 Å². The number of rotatable bonds is 9. The van der Waals surface area contributed by atoms with Crippen molar-refractivity contribution in [3.8, 4) is 0 Å². The highest BCUT2D eigenvalue weighted by atomic mass is 16.6. The van der Waals surface area contributed by atoms with E-state index in [-0.39, 0.29) is 18.3 Å². The normalized spacial score (nSPS) is 17.7. The van der Waals surface area contributed by atoms with Crippen LogP contribution in [0.3, 0.4) is 0 Å². The average Bonchev–Trinajstić information content (AvgIpc) is 2.67. The van der Waals surface area contributed by atoms with Gasteiger partial charge < -0.3 is 14.4 Å². The summed E-state index contributed by atoms with van der Waals surface area (Å²) < 4.78 is 11.7. The van der Waals surface area contributed by atoms with Gasteiger partial charge in [0.1, 0.15) is 0 Å². The second-order valence-corrected chi connectivity index (χ2v) is 7.33. The number of carbonyl (C=O) groups is 1. The molecular weight excluding hydrogens is 326 g/mol. The molecule has 1 fully saturated rings. The second-order valence-electron chi connectivity index (χ2n) is 7.33. The number of hydrogen-bond donors (Lipinski definition) is 0. The molecule has 1 aromatic carbocycles. The van der Waals surface area contributed by atoms with Gasteiger partial charge in [-0.1, -0.05) is 63.4 Å². The standard InChI is InChI=1S/C22H35NO3/c1-4-6-8-11-18(3)21(19-12-9-7-10-13-19)26-20-14-16-23(17-15-20)22(24)25-5-2/h7,9-10,12-13,18,20-21H,4-6,8,11,14-17H2,1-3H3. The number of hydrogen-bond acceptors (Lipinski definition) is 3. The van der Waals surface area contributed by atoms with Crippen molar-refractivity contribution in [2.45, 2.75) is 71.5 Å². The van der Waals surface area contributed by atoms with E-state index in [2.05, 4.69) is 44.2 Å². The SMILES string of the molecule is CCCCCC(C)C(OC1CCN(C(=O)OCC)CC1)c1ccccc1. The molecule has 0 bridgehead atoms. The molecule has 4 nitrogen and oxygen atoms in total. The van der Waals surface area contributed by atoms with Crippen LogP contribution in [0.1, 0.15) is 71.0 Å². The minimum Gasteiger partial charge on any atom is -0.450 e. The van der Waals surface area contributed by atoms with E-state index in [0.29, 0.717) is 12.5 Å². The molecule has 0 N–H and O–H groups in total. The van der Waals surface area contributed by atoms with Crippen LogP contribution in [0.15, 0.2) is 30.3 Å². The maximum Gasteiger partial charge on any atom is 0.409 e. The van der Waals surface area contributed by atoms with E-state index in [4.69, 9.17) is 9.47 Å². The highest BCUT2D eigenvalue weighted by Crippen LogP contribution is 2.33. The van der Waals surface area contributed by atoms with Crippen molar-refractivity contribution in [1.29, 1.82) is 0 Å². The van der Waals surface area contributed by atoms with Gasteiger partial charge in [0.2, 0.25) is 0 Å². The van der Waals surface area contributed by atoms with Crippen LogP contribution in [0, 0.1) is 5.92 Å². The van der Waals surface area contributed by atoms with Gasteiger partial charge in [0, 0.05) is 13.1 Å². The molecule has 2 unspecified atom stereocenters. The van der Waals surface area contributed by atoms with Gasteiger partial charge in [0.15, 0.2) is 0 Å². The zero-order valence-corrected chi connectivity index (χ0v) is 16.7. The maximum atomic E-state index is 11.9. The molecule has 1 amide bonds. The summed E-state index contributed by atoms with van der Waals surface area (Å²) in [6, 6.07) is 10.6. The first-order valence-corrected chi connectivity index (χ1v) is 10.3. The minimum absolute atomic E-state index is 0.132. The van der Waals surface area contributed by atoms with Gasteiger partial charge >= 0.3 is 6.09 Å². The molecule has 4 heteroatoms. The first-order valence-electron chi connectivity index (χ1n) is 10.3. The van der Waals surface area contributed by atoms with Gasteiger partial charge in [-0.15, -0.1) is 0 Å². The van der Waals surface area contributed by atoms with E-state index in [0.717, 1.165) is 25.9 Å². The Kier molecular flexibility index (Phi) is 8.96. The summed E-state index contributed by atoms with van der Waals surface area (Å²) in [5.41, 5.74) is 1.27. The van der Waals surface area contributed by atoms with E-state index in [1.165, 1.54) is 31.2 Å². The van der Waals surface area contributed by atoms with E-state index >= 15 is 0 Å². The van der Waals surface area contributed by atoms with Crippen molar-refractivity contribution >= 4 is 6.09 Å². The molecule has 1 aromatic rings. The lowest BCUT2D eigenvalue weighted by atomic mass is 9.91. The Balaban J connectivity index is 1.93. The van der Waals surface area contributed by atoms with Gasteiger partial charge in [0.25, 0.3) is 0 Å². The van der Waals surface area contributed by atoms with Crippen LogP contribution >= 0.6 is 0 Å². The number of unbranched alkanes of at least 4 members (excludes halogenated alkanes) is 2. The zero-order valence-electron chi connectivity index (χ0n) is 16.7. The lowest BCUT2D eigenvalue weighted by Crippen LogP contribution is -2.41. The van der Waals surface area contributed by atoms with Gasteiger partial charge in [0.05, 0.1) is 18.8 Å². The number of likely N-dealkylation sites (tertiary alicyclic amines) is 1. The number of ether oxygens (including phenoxy) is 2. The molecule has 146 valence electrons. The number of benzene rings is 1. The average molecular weight is 362 g/mol. The van der Waals surface area contributed by atoms with Crippen LogP contribution in [0.25, 0.3) is 0 Å². The first-order chi connectivity index (χ1) is 12.7. The van der Waals surface area contributed by atoms with Crippen LogP contribution in [0.4, 0.5) is 4.79 Å². The Morgan fingerprint density at radius 2 is 1.85 bits per heavy atom. The summed E-state index contributed by atoms with van der Waals surface area (Å²) in [4.78, 5) is 13.7. The lowest BCUT2D eigenvalue weighted by Gasteiger charge is -2.35. The second kappa shape index (κ2) is 11.2. The molecule has 1 aliphatic heterocycles. The van der Waals surface area contributed by atoms with Crippen LogP contribution in [-0.4, -0.2) is 36.8 Å². The Hall–Kier alpha value is -1.55. The number of carbonyl (C=O) groups excluding carboxylic acids is 1. The molecule has 2 rings (SSSR count). The molecule has 1 aliphatic rings. The quantitative estimate of drug-likeness (QED) is 0.539. The van der Waals surface area contributed by atoms with E-state index < -0.39 is 0 Å². The van der Waals surface area contributed by atoms with Crippen molar-refractivity contribution in [1.82, 2.24) is 4.90 Å². The molecule has 1 saturated heterocycles. The van der Waals surface area contributed by atoms with Gasteiger partial charge in [-0.3, -0.25) is 0 Å². The molecular formula is C22H35NO3. The highest BCUT2D eigenvalue weighted by molar-refractivity contribution is 5.67. The van der Waals surface area contributed by atoms with Gasteiger partial charge in [-0.25, -0.2) is 4.79 Å². The predicted octanol–water partition coefficient (Wildman–Crippen LogP) is 5.58. The summed E-state index contributed by atoms with van der Waals surface area (Å²) in [5, 5.41) is 0. The molecule has 0 aliphatic carbocycles. The largest absolute Gasteiger partial charge is 0.450 e. The fourth-order valence-electron chi connectivity index (χ4n) is 3.65. The van der Waals surface area contributed by atoms with Crippen molar-refractivity contribution in [3.05, 3.63) is 35.9 Å². The molecule has 0 spiro atoms. The van der Waals surface area contributed by atoms with Crippen LogP contribution < -0.4 is 0 Å². The van der Waals surface area contributed by atoms with E-state index in [9.17, 15) is 4.79 Å². The summed E-state index contributed by atoms with van der Waals surface area (Å²) >= 11 is 0. The summed E-state index contributed by atoms with van der Waals surface area (Å²) in [7, 11) is 0. The minimum atomic E-state index is -0.196. The smallest absolute Gasteiger partial charge is 0.409 e. The van der Waals surface area contributed by atoms with Crippen molar-refractivity contribution in [3.63, 3.8) is 0 Å². The number of amides is 1. The monoisotopic (exact) mass is 361 g/mol. The molecule has 0 aromatic heterocycles. The van der Waals surface area contributed by atoms with Gasteiger partial charge in [-0.05, 0) is 37.7 Å². The Labute approximate surface area is 158 Å². The van der Waals surface area contributed by atoms with Crippen LogP contribution in [0.2, 0.25) is 0 Å². The van der Waals surface area contributed by atoms with Crippen molar-refractivity contribution in [2.24, 2.45) is 5.92 Å². The maximum absolute atomic E-state index is 11.9. The number of piperidine rings is 1. The number of nitrogens with zero attached hydrogens (tertiary/aromatic N) is 1.